The Morgan fingerprint density at radius 1 is 1.25 bits per heavy atom. The molecule has 2 aliphatic carbocycles. The van der Waals surface area contributed by atoms with Gasteiger partial charge in [-0.2, -0.15) is 8.42 Å². The van der Waals surface area contributed by atoms with E-state index in [0.29, 0.717) is 5.92 Å². The van der Waals surface area contributed by atoms with Crippen molar-refractivity contribution in [2.24, 2.45) is 17.3 Å². The second-order valence-corrected chi connectivity index (χ2v) is 8.13. The molecule has 3 aliphatic rings. The minimum Gasteiger partial charge on any atom is -0.469 e. The molecule has 9 heteroatoms. The Bertz CT molecular complexity index is 666. The van der Waals surface area contributed by atoms with E-state index in [1.54, 1.807) is 0 Å². The average molecular weight is 359 g/mol. The van der Waals surface area contributed by atoms with E-state index in [1.807, 2.05) is 0 Å². The zero-order valence-electron chi connectivity index (χ0n) is 13.9. The third kappa shape index (κ3) is 3.84. The van der Waals surface area contributed by atoms with Crippen LogP contribution in [0.2, 0.25) is 0 Å². The number of nitrogens with zero attached hydrogens (tertiary/aromatic N) is 1. The van der Waals surface area contributed by atoms with Crippen LogP contribution in [0.3, 0.4) is 0 Å². The van der Waals surface area contributed by atoms with Crippen molar-refractivity contribution in [3.05, 3.63) is 12.2 Å². The van der Waals surface area contributed by atoms with E-state index in [-0.39, 0.29) is 16.4 Å². The second-order valence-electron chi connectivity index (χ2n) is 6.57. The van der Waals surface area contributed by atoms with Gasteiger partial charge in [0.05, 0.1) is 18.8 Å². The molecule has 0 N–H and O–H groups in total. The molecule has 1 heterocycles. The largest absolute Gasteiger partial charge is 0.469 e. The molecule has 3 rings (SSSR count). The highest BCUT2D eigenvalue weighted by Crippen LogP contribution is 2.56. The highest BCUT2D eigenvalue weighted by Gasteiger charge is 2.53. The first kappa shape index (κ1) is 18.6. The molecule has 0 aromatic heterocycles. The van der Waals surface area contributed by atoms with E-state index in [0.717, 1.165) is 30.7 Å². The summed E-state index contributed by atoms with van der Waals surface area (Å²) in [6.45, 7) is 2.07. The molecule has 24 heavy (non-hydrogen) atoms. The number of carbonyl (C=O) groups excluding carboxylic acids is 3. The lowest BCUT2D eigenvalue weighted by Gasteiger charge is -2.30. The molecule has 2 bridgehead atoms. The Labute approximate surface area is 140 Å². The quantitative estimate of drug-likeness (QED) is 0.541. The van der Waals surface area contributed by atoms with E-state index in [2.05, 4.69) is 11.2 Å². The van der Waals surface area contributed by atoms with Crippen LogP contribution in [0.15, 0.2) is 12.2 Å². The summed E-state index contributed by atoms with van der Waals surface area (Å²) >= 11 is 0. The molecule has 3 atom stereocenters. The number of hydroxylamine groups is 2. The number of amides is 2. The van der Waals surface area contributed by atoms with Gasteiger partial charge in [-0.25, -0.2) is 0 Å². The highest BCUT2D eigenvalue weighted by atomic mass is 32.2. The molecule has 0 aromatic rings. The smallest absolute Gasteiger partial charge is 0.311 e. The first-order valence-electron chi connectivity index (χ1n) is 7.61. The van der Waals surface area contributed by atoms with Gasteiger partial charge in [-0.15, -0.1) is 9.35 Å². The molecular formula is C15H21NO7S. The van der Waals surface area contributed by atoms with Crippen LogP contribution >= 0.6 is 0 Å². The van der Waals surface area contributed by atoms with E-state index in [1.165, 1.54) is 26.4 Å². The van der Waals surface area contributed by atoms with Crippen molar-refractivity contribution in [3.8, 4) is 0 Å². The fourth-order valence-electron chi connectivity index (χ4n) is 3.68. The van der Waals surface area contributed by atoms with Gasteiger partial charge in [0.1, 0.15) is 0 Å². The predicted molar refractivity (Wildman–Crippen MR) is 82.5 cm³/mol. The topological polar surface area (TPSA) is 107 Å². The van der Waals surface area contributed by atoms with Crippen LogP contribution in [0, 0.1) is 17.3 Å². The van der Waals surface area contributed by atoms with Crippen LogP contribution in [-0.2, 0) is 33.5 Å². The van der Waals surface area contributed by atoms with Gasteiger partial charge >= 0.3 is 5.97 Å². The third-order valence-corrected chi connectivity index (χ3v) is 5.21. The summed E-state index contributed by atoms with van der Waals surface area (Å²) in [4.78, 5) is 32.9. The fraction of sp³-hybridized carbons (Fsp3) is 0.667. The normalized spacial score (nSPS) is 31.2. The van der Waals surface area contributed by atoms with Gasteiger partial charge in [0.15, 0.2) is 0 Å². The van der Waals surface area contributed by atoms with Crippen molar-refractivity contribution in [2.45, 2.75) is 32.6 Å². The average Bonchev–Trinajstić information content (AvgIpc) is 3.16. The number of hydrogen-bond acceptors (Lipinski definition) is 7. The van der Waals surface area contributed by atoms with Crippen molar-refractivity contribution >= 4 is 27.9 Å². The van der Waals surface area contributed by atoms with Gasteiger partial charge in [0.2, 0.25) is 0 Å². The Morgan fingerprint density at radius 3 is 2.21 bits per heavy atom. The Morgan fingerprint density at radius 2 is 1.83 bits per heavy atom. The number of imide groups is 1. The Balaban J connectivity index is 0.000000174. The minimum absolute atomic E-state index is 0.00898. The molecule has 0 spiro atoms. The Hall–Kier alpha value is -1.74. The first-order chi connectivity index (χ1) is 11.1. The molecule has 3 unspecified atom stereocenters. The standard InChI is InChI=1S/C10H16O2.C5H5NO5S/c1-10(9(11)12-2)6-7-3-4-8(10)5-7;1-12(9,10)11-6-4(7)2-3-5(6)8/h7-8H,3-6H2,1-2H3;2-3H,1H3. The van der Waals surface area contributed by atoms with Gasteiger partial charge in [0, 0.05) is 12.2 Å². The Kier molecular flexibility index (Phi) is 5.14. The summed E-state index contributed by atoms with van der Waals surface area (Å²) in [6.07, 6.45) is 7.47. The molecule has 2 amide bonds. The SMILES string of the molecule is COC(=O)C1(C)CC2CCC1C2.CS(=O)(=O)ON1C(=O)C=CC1=O. The number of hydrogen-bond donors (Lipinski definition) is 0. The summed E-state index contributed by atoms with van der Waals surface area (Å²) < 4.78 is 29.9. The summed E-state index contributed by atoms with van der Waals surface area (Å²) in [5.74, 6) is -0.181. The number of fused-ring (bicyclic) bond motifs is 2. The van der Waals surface area contributed by atoms with Crippen LogP contribution in [0.1, 0.15) is 32.6 Å². The molecule has 1 aliphatic heterocycles. The van der Waals surface area contributed by atoms with Crippen LogP contribution in [0.5, 0.6) is 0 Å². The van der Waals surface area contributed by atoms with Crippen LogP contribution in [0.4, 0.5) is 0 Å². The maximum Gasteiger partial charge on any atom is 0.311 e. The lowest BCUT2D eigenvalue weighted by atomic mass is 9.75. The first-order valence-corrected chi connectivity index (χ1v) is 9.42. The third-order valence-electron chi connectivity index (χ3n) is 4.79. The minimum atomic E-state index is -3.83. The van der Waals surface area contributed by atoms with Crippen molar-refractivity contribution in [2.75, 3.05) is 13.4 Å². The van der Waals surface area contributed by atoms with Crippen molar-refractivity contribution in [1.29, 1.82) is 0 Å². The van der Waals surface area contributed by atoms with Crippen molar-refractivity contribution in [3.63, 3.8) is 0 Å². The number of esters is 1. The van der Waals surface area contributed by atoms with Gasteiger partial charge in [-0.1, -0.05) is 6.42 Å². The number of methoxy groups -OCH3 is 1. The zero-order chi connectivity index (χ0) is 18.1. The molecule has 0 saturated heterocycles. The van der Waals surface area contributed by atoms with Crippen LogP contribution in [0.25, 0.3) is 0 Å². The number of rotatable bonds is 3. The van der Waals surface area contributed by atoms with Gasteiger partial charge in [0.25, 0.3) is 21.9 Å². The fourth-order valence-corrected chi connectivity index (χ4v) is 4.10. The van der Waals surface area contributed by atoms with E-state index < -0.39 is 21.9 Å². The summed E-state index contributed by atoms with van der Waals surface area (Å²) in [6, 6.07) is 0. The lowest BCUT2D eigenvalue weighted by molar-refractivity contribution is -0.161. The summed E-state index contributed by atoms with van der Waals surface area (Å²) in [7, 11) is -2.33. The molecule has 134 valence electrons. The highest BCUT2D eigenvalue weighted by molar-refractivity contribution is 7.85. The molecule has 0 aromatic carbocycles. The van der Waals surface area contributed by atoms with Crippen molar-refractivity contribution in [1.82, 2.24) is 5.06 Å². The van der Waals surface area contributed by atoms with Gasteiger partial charge < -0.3 is 4.74 Å². The monoisotopic (exact) mass is 359 g/mol. The zero-order valence-corrected chi connectivity index (χ0v) is 14.7. The van der Waals surface area contributed by atoms with Crippen molar-refractivity contribution < 1.29 is 31.8 Å². The molecule has 0 radical (unpaired) electrons. The summed E-state index contributed by atoms with van der Waals surface area (Å²) in [5, 5.41) is 0.176. The molecule has 2 saturated carbocycles. The number of carbonyl (C=O) groups is 3. The van der Waals surface area contributed by atoms with E-state index in [9.17, 15) is 22.8 Å². The van der Waals surface area contributed by atoms with Gasteiger partial charge in [-0.05, 0) is 38.0 Å². The van der Waals surface area contributed by atoms with Crippen LogP contribution in [-0.4, -0.2) is 44.6 Å². The maximum atomic E-state index is 11.5. The molecule has 8 nitrogen and oxygen atoms in total. The second kappa shape index (κ2) is 6.64. The maximum absolute atomic E-state index is 11.5. The lowest BCUT2D eigenvalue weighted by Crippen LogP contribution is -2.34. The molecular weight excluding hydrogens is 338 g/mol. The summed E-state index contributed by atoms with van der Waals surface area (Å²) in [5.41, 5.74) is -0.141. The van der Waals surface area contributed by atoms with Crippen LogP contribution < -0.4 is 0 Å². The predicted octanol–water partition coefficient (Wildman–Crippen LogP) is 0.788. The van der Waals surface area contributed by atoms with E-state index >= 15 is 0 Å². The molecule has 2 fully saturated rings. The van der Waals surface area contributed by atoms with Gasteiger partial charge in [-0.3, -0.25) is 14.4 Å². The van der Waals surface area contributed by atoms with E-state index in [4.69, 9.17) is 4.74 Å². The number of ether oxygens (including phenoxy) is 1.